The fourth-order valence-corrected chi connectivity index (χ4v) is 1.56. The Hall–Kier alpha value is -2.31. The summed E-state index contributed by atoms with van der Waals surface area (Å²) in [7, 11) is 0. The number of aryl methyl sites for hydroxylation is 1. The normalized spacial score (nSPS) is 12.3. The molecule has 18 heavy (non-hydrogen) atoms. The molecule has 96 valence electrons. The van der Waals surface area contributed by atoms with E-state index in [-0.39, 0.29) is 11.9 Å². The third-order valence-corrected chi connectivity index (χ3v) is 2.50. The third kappa shape index (κ3) is 3.09. The molecule has 0 radical (unpaired) electrons. The van der Waals surface area contributed by atoms with Crippen LogP contribution in [0.2, 0.25) is 0 Å². The number of nitrogens with zero attached hydrogens (tertiary/aromatic N) is 1. The van der Waals surface area contributed by atoms with Crippen LogP contribution in [0, 0.1) is 0 Å². The van der Waals surface area contributed by atoms with Crippen molar-refractivity contribution in [1.82, 2.24) is 15.2 Å². The van der Waals surface area contributed by atoms with E-state index in [4.69, 9.17) is 4.42 Å². The number of aromatic amines is 2. The number of rotatable bonds is 5. The summed E-state index contributed by atoms with van der Waals surface area (Å²) in [5, 5.41) is 8.75. The first-order valence-electron chi connectivity index (χ1n) is 5.63. The van der Waals surface area contributed by atoms with Crippen LogP contribution in [-0.2, 0) is 6.42 Å². The van der Waals surface area contributed by atoms with E-state index >= 15 is 0 Å². The molecule has 2 aromatic heterocycles. The fourth-order valence-electron chi connectivity index (χ4n) is 1.56. The zero-order valence-corrected chi connectivity index (χ0v) is 9.90. The average molecular weight is 250 g/mol. The molecule has 2 aromatic rings. The average Bonchev–Trinajstić information content (AvgIpc) is 2.83. The van der Waals surface area contributed by atoms with Crippen molar-refractivity contribution in [3.63, 3.8) is 0 Å². The van der Waals surface area contributed by atoms with Crippen molar-refractivity contribution in [3.05, 3.63) is 45.0 Å². The lowest BCUT2D eigenvalue weighted by Gasteiger charge is -2.12. The SMILES string of the molecule is CC(CCc1ccco1)Nc1n[nH]c(=O)[nH]c1=O. The minimum atomic E-state index is -0.617. The van der Waals surface area contributed by atoms with Crippen molar-refractivity contribution >= 4 is 5.82 Å². The molecule has 0 spiro atoms. The highest BCUT2D eigenvalue weighted by molar-refractivity contribution is 5.29. The van der Waals surface area contributed by atoms with Gasteiger partial charge in [0.05, 0.1) is 6.26 Å². The molecular weight excluding hydrogens is 236 g/mol. The number of anilines is 1. The number of hydrogen-bond acceptors (Lipinski definition) is 5. The van der Waals surface area contributed by atoms with Crippen LogP contribution in [-0.4, -0.2) is 21.2 Å². The maximum Gasteiger partial charge on any atom is 0.342 e. The molecule has 2 rings (SSSR count). The van der Waals surface area contributed by atoms with E-state index in [1.807, 2.05) is 19.1 Å². The fraction of sp³-hybridized carbons (Fsp3) is 0.364. The summed E-state index contributed by atoms with van der Waals surface area (Å²) < 4.78 is 5.21. The largest absolute Gasteiger partial charge is 0.469 e. The van der Waals surface area contributed by atoms with Crippen LogP contribution in [0.15, 0.2) is 32.4 Å². The zero-order valence-electron chi connectivity index (χ0n) is 9.90. The smallest absolute Gasteiger partial charge is 0.342 e. The number of hydrogen-bond donors (Lipinski definition) is 3. The summed E-state index contributed by atoms with van der Waals surface area (Å²) in [5.41, 5.74) is -1.14. The van der Waals surface area contributed by atoms with Gasteiger partial charge in [-0.3, -0.25) is 9.78 Å². The minimum Gasteiger partial charge on any atom is -0.469 e. The monoisotopic (exact) mass is 250 g/mol. The van der Waals surface area contributed by atoms with Gasteiger partial charge in [0.15, 0.2) is 0 Å². The second kappa shape index (κ2) is 5.35. The van der Waals surface area contributed by atoms with Gasteiger partial charge in [0.1, 0.15) is 5.76 Å². The van der Waals surface area contributed by atoms with E-state index in [0.29, 0.717) is 0 Å². The molecule has 0 aromatic carbocycles. The summed E-state index contributed by atoms with van der Waals surface area (Å²) >= 11 is 0. The summed E-state index contributed by atoms with van der Waals surface area (Å²) in [4.78, 5) is 24.3. The van der Waals surface area contributed by atoms with Gasteiger partial charge in [-0.15, -0.1) is 5.10 Å². The number of H-pyrrole nitrogens is 2. The van der Waals surface area contributed by atoms with Crippen LogP contribution in [0.5, 0.6) is 0 Å². The van der Waals surface area contributed by atoms with Gasteiger partial charge >= 0.3 is 5.69 Å². The van der Waals surface area contributed by atoms with Gasteiger partial charge in [-0.05, 0) is 25.5 Å². The van der Waals surface area contributed by atoms with E-state index in [0.717, 1.165) is 18.6 Å². The highest BCUT2D eigenvalue weighted by Crippen LogP contribution is 2.07. The van der Waals surface area contributed by atoms with Crippen LogP contribution in [0.1, 0.15) is 19.1 Å². The summed E-state index contributed by atoms with van der Waals surface area (Å²) in [5.74, 6) is 1.01. The maximum absolute atomic E-state index is 11.4. The Morgan fingerprint density at radius 3 is 3.00 bits per heavy atom. The third-order valence-electron chi connectivity index (χ3n) is 2.50. The van der Waals surface area contributed by atoms with Crippen molar-refractivity contribution in [2.75, 3.05) is 5.32 Å². The maximum atomic E-state index is 11.4. The van der Waals surface area contributed by atoms with Gasteiger partial charge in [0, 0.05) is 12.5 Å². The first-order valence-corrected chi connectivity index (χ1v) is 5.63. The quantitative estimate of drug-likeness (QED) is 0.716. The lowest BCUT2D eigenvalue weighted by molar-refractivity contribution is 0.494. The molecule has 2 heterocycles. The van der Waals surface area contributed by atoms with Gasteiger partial charge < -0.3 is 9.73 Å². The van der Waals surface area contributed by atoms with Crippen molar-refractivity contribution in [1.29, 1.82) is 0 Å². The molecule has 7 nitrogen and oxygen atoms in total. The molecular formula is C11H14N4O3. The molecule has 7 heteroatoms. The van der Waals surface area contributed by atoms with Crippen LogP contribution < -0.4 is 16.6 Å². The Labute approximate surface area is 102 Å². The van der Waals surface area contributed by atoms with Gasteiger partial charge in [0.2, 0.25) is 5.82 Å². The summed E-state index contributed by atoms with van der Waals surface area (Å²) in [6, 6.07) is 3.77. The number of aromatic nitrogens is 3. The Bertz CT molecular complexity index is 599. The second-order valence-electron chi connectivity index (χ2n) is 4.02. The highest BCUT2D eigenvalue weighted by atomic mass is 16.3. The van der Waals surface area contributed by atoms with Crippen LogP contribution >= 0.6 is 0 Å². The molecule has 0 bridgehead atoms. The van der Waals surface area contributed by atoms with E-state index in [2.05, 4.69) is 20.5 Å². The lowest BCUT2D eigenvalue weighted by Crippen LogP contribution is -2.29. The van der Waals surface area contributed by atoms with E-state index in [1.165, 1.54) is 0 Å². The van der Waals surface area contributed by atoms with Crippen molar-refractivity contribution in [2.45, 2.75) is 25.8 Å². The molecule has 0 aliphatic rings. The molecule has 3 N–H and O–H groups in total. The molecule has 0 aliphatic heterocycles. The first-order chi connectivity index (χ1) is 8.65. The Kier molecular flexibility index (Phi) is 3.61. The van der Waals surface area contributed by atoms with Gasteiger partial charge in [-0.2, -0.15) is 0 Å². The van der Waals surface area contributed by atoms with Gasteiger partial charge in [-0.1, -0.05) is 0 Å². The first kappa shape index (κ1) is 12.2. The lowest BCUT2D eigenvalue weighted by atomic mass is 10.1. The van der Waals surface area contributed by atoms with E-state index in [1.54, 1.807) is 6.26 Å². The Morgan fingerprint density at radius 1 is 1.50 bits per heavy atom. The standard InChI is InChI=1S/C11H14N4O3/c1-7(4-5-8-3-2-6-18-8)12-9-10(16)13-11(17)15-14-9/h2-3,6-7H,4-5H2,1H3,(H,12,14)(H2,13,15,16,17). The topological polar surface area (TPSA) is 104 Å². The van der Waals surface area contributed by atoms with Gasteiger partial charge in [0.25, 0.3) is 5.56 Å². The number of nitrogens with one attached hydrogen (secondary N) is 3. The van der Waals surface area contributed by atoms with E-state index in [9.17, 15) is 9.59 Å². The molecule has 0 saturated heterocycles. The predicted molar refractivity (Wildman–Crippen MR) is 65.6 cm³/mol. The van der Waals surface area contributed by atoms with Crippen LogP contribution in [0.4, 0.5) is 5.82 Å². The summed E-state index contributed by atoms with van der Waals surface area (Å²) in [6.07, 6.45) is 3.18. The molecule has 1 unspecified atom stereocenters. The van der Waals surface area contributed by atoms with Gasteiger partial charge in [-0.25, -0.2) is 9.89 Å². The van der Waals surface area contributed by atoms with Crippen LogP contribution in [0.3, 0.4) is 0 Å². The van der Waals surface area contributed by atoms with E-state index < -0.39 is 11.2 Å². The number of furan rings is 1. The molecule has 0 fully saturated rings. The van der Waals surface area contributed by atoms with Crippen LogP contribution in [0.25, 0.3) is 0 Å². The zero-order chi connectivity index (χ0) is 13.0. The highest BCUT2D eigenvalue weighted by Gasteiger charge is 2.08. The van der Waals surface area contributed by atoms with Crippen molar-refractivity contribution < 1.29 is 4.42 Å². The molecule has 0 amide bonds. The second-order valence-corrected chi connectivity index (χ2v) is 4.02. The minimum absolute atomic E-state index is 0.0367. The molecule has 0 saturated carbocycles. The van der Waals surface area contributed by atoms with Crippen molar-refractivity contribution in [2.24, 2.45) is 0 Å². The Balaban J connectivity index is 1.92. The van der Waals surface area contributed by atoms with Crippen molar-refractivity contribution in [3.8, 4) is 0 Å². The Morgan fingerprint density at radius 2 is 2.33 bits per heavy atom. The molecule has 0 aliphatic carbocycles. The molecule has 1 atom stereocenters. The summed E-state index contributed by atoms with van der Waals surface area (Å²) in [6.45, 7) is 1.93. The predicted octanol–water partition coefficient (Wildman–Crippen LogP) is 0.484.